The first-order valence-electron chi connectivity index (χ1n) is 6.13. The molecule has 1 unspecified atom stereocenters. The van der Waals surface area contributed by atoms with E-state index in [1.165, 1.54) is 32.1 Å². The van der Waals surface area contributed by atoms with Crippen molar-refractivity contribution >= 4 is 0 Å². The molecule has 0 aliphatic heterocycles. The van der Waals surface area contributed by atoms with Crippen molar-refractivity contribution in [3.8, 4) is 0 Å². The molecule has 1 rings (SSSR count). The van der Waals surface area contributed by atoms with Gasteiger partial charge in [-0.15, -0.1) is 6.58 Å². The smallest absolute Gasteiger partial charge is 0.0275 e. The lowest BCUT2D eigenvalue weighted by molar-refractivity contribution is 0.253. The van der Waals surface area contributed by atoms with Crippen LogP contribution in [-0.4, -0.2) is 12.6 Å². The highest BCUT2D eigenvalue weighted by molar-refractivity contribution is 4.92. The molecular formula is C13H25N. The minimum atomic E-state index is 0.558. The maximum absolute atomic E-state index is 3.95. The van der Waals surface area contributed by atoms with Gasteiger partial charge in [-0.25, -0.2) is 0 Å². The Balaban J connectivity index is 2.32. The minimum Gasteiger partial charge on any atom is -0.310 e. The zero-order valence-corrected chi connectivity index (χ0v) is 9.76. The first kappa shape index (κ1) is 11.8. The van der Waals surface area contributed by atoms with E-state index in [1.807, 2.05) is 0 Å². The van der Waals surface area contributed by atoms with Crippen LogP contribution >= 0.6 is 0 Å². The van der Waals surface area contributed by atoms with Crippen LogP contribution in [0.3, 0.4) is 0 Å². The molecule has 0 amide bonds. The zero-order valence-electron chi connectivity index (χ0n) is 9.76. The molecule has 1 atom stereocenters. The first-order chi connectivity index (χ1) is 6.77. The van der Waals surface area contributed by atoms with Gasteiger partial charge in [-0.2, -0.15) is 0 Å². The molecule has 82 valence electrons. The topological polar surface area (TPSA) is 12.0 Å². The van der Waals surface area contributed by atoms with Gasteiger partial charge in [-0.3, -0.25) is 0 Å². The van der Waals surface area contributed by atoms with Crippen LogP contribution in [0.1, 0.15) is 46.0 Å². The van der Waals surface area contributed by atoms with Crippen LogP contribution in [0.2, 0.25) is 0 Å². The third-order valence-electron chi connectivity index (χ3n) is 3.45. The second-order valence-corrected chi connectivity index (χ2v) is 4.74. The van der Waals surface area contributed by atoms with Crippen molar-refractivity contribution in [1.29, 1.82) is 0 Å². The molecule has 1 nitrogen and oxygen atoms in total. The van der Waals surface area contributed by atoms with E-state index in [2.05, 4.69) is 31.8 Å². The van der Waals surface area contributed by atoms with Gasteiger partial charge in [-0.1, -0.05) is 32.8 Å². The van der Waals surface area contributed by atoms with Gasteiger partial charge >= 0.3 is 0 Å². The van der Waals surface area contributed by atoms with Gasteiger partial charge in [0.15, 0.2) is 0 Å². The molecule has 0 heterocycles. The molecule has 0 aromatic carbocycles. The molecule has 0 saturated heterocycles. The number of hydrogen-bond acceptors (Lipinski definition) is 1. The van der Waals surface area contributed by atoms with Crippen molar-refractivity contribution < 1.29 is 0 Å². The molecule has 1 fully saturated rings. The Kier molecular flexibility index (Phi) is 5.24. The highest BCUT2D eigenvalue weighted by Crippen LogP contribution is 2.30. The van der Waals surface area contributed by atoms with E-state index < -0.39 is 0 Å². The van der Waals surface area contributed by atoms with E-state index >= 15 is 0 Å². The summed E-state index contributed by atoms with van der Waals surface area (Å²) in [5.41, 5.74) is 0. The third kappa shape index (κ3) is 3.45. The van der Waals surface area contributed by atoms with Crippen molar-refractivity contribution in [2.24, 2.45) is 11.8 Å². The molecule has 0 bridgehead atoms. The molecule has 0 radical (unpaired) electrons. The fourth-order valence-electron chi connectivity index (χ4n) is 2.40. The van der Waals surface area contributed by atoms with Gasteiger partial charge in [0.25, 0.3) is 0 Å². The molecule has 1 heteroatoms. The number of hydrogen-bond donors (Lipinski definition) is 1. The quantitative estimate of drug-likeness (QED) is 0.663. The van der Waals surface area contributed by atoms with Gasteiger partial charge < -0.3 is 5.32 Å². The van der Waals surface area contributed by atoms with E-state index in [-0.39, 0.29) is 0 Å². The standard InChI is InChI=1S/C13H25N/c1-4-10-14-13(5-2)12-8-6-11(3)7-9-12/h5,11-14H,2,4,6-10H2,1,3H3. The summed E-state index contributed by atoms with van der Waals surface area (Å²) in [6.07, 6.45) is 8.90. The molecule has 0 spiro atoms. The van der Waals surface area contributed by atoms with Gasteiger partial charge in [0.2, 0.25) is 0 Å². The Bertz CT molecular complexity index is 157. The summed E-state index contributed by atoms with van der Waals surface area (Å²) in [5, 5.41) is 3.59. The van der Waals surface area contributed by atoms with Crippen LogP contribution in [-0.2, 0) is 0 Å². The van der Waals surface area contributed by atoms with Crippen LogP contribution in [0.4, 0.5) is 0 Å². The lowest BCUT2D eigenvalue weighted by Crippen LogP contribution is -2.36. The maximum Gasteiger partial charge on any atom is 0.0275 e. The van der Waals surface area contributed by atoms with Crippen LogP contribution < -0.4 is 5.32 Å². The third-order valence-corrected chi connectivity index (χ3v) is 3.45. The molecule has 1 N–H and O–H groups in total. The van der Waals surface area contributed by atoms with Gasteiger partial charge in [0, 0.05) is 6.04 Å². The minimum absolute atomic E-state index is 0.558. The lowest BCUT2D eigenvalue weighted by atomic mass is 9.79. The van der Waals surface area contributed by atoms with Crippen LogP contribution in [0, 0.1) is 11.8 Å². The average molecular weight is 195 g/mol. The molecule has 1 aliphatic rings. The highest BCUT2D eigenvalue weighted by Gasteiger charge is 2.23. The predicted molar refractivity (Wildman–Crippen MR) is 63.4 cm³/mol. The second kappa shape index (κ2) is 6.23. The van der Waals surface area contributed by atoms with Gasteiger partial charge in [-0.05, 0) is 37.6 Å². The average Bonchev–Trinajstić information content (AvgIpc) is 2.21. The summed E-state index contributed by atoms with van der Waals surface area (Å²) < 4.78 is 0. The Morgan fingerprint density at radius 1 is 1.36 bits per heavy atom. The molecule has 0 aromatic rings. The summed E-state index contributed by atoms with van der Waals surface area (Å²) >= 11 is 0. The Morgan fingerprint density at radius 3 is 2.50 bits per heavy atom. The maximum atomic E-state index is 3.95. The molecule has 0 aromatic heterocycles. The van der Waals surface area contributed by atoms with Crippen LogP contribution in [0.15, 0.2) is 12.7 Å². The fourth-order valence-corrected chi connectivity index (χ4v) is 2.40. The molecule has 1 saturated carbocycles. The summed E-state index contributed by atoms with van der Waals surface area (Å²) in [7, 11) is 0. The SMILES string of the molecule is C=CC(NCCC)C1CCC(C)CC1. The fraction of sp³-hybridized carbons (Fsp3) is 0.846. The summed E-state index contributed by atoms with van der Waals surface area (Å²) in [6.45, 7) is 9.67. The highest BCUT2D eigenvalue weighted by atomic mass is 14.9. The summed E-state index contributed by atoms with van der Waals surface area (Å²) in [4.78, 5) is 0. The van der Waals surface area contributed by atoms with E-state index in [4.69, 9.17) is 0 Å². The second-order valence-electron chi connectivity index (χ2n) is 4.74. The number of rotatable bonds is 5. The summed E-state index contributed by atoms with van der Waals surface area (Å²) in [6, 6.07) is 0.558. The lowest BCUT2D eigenvalue weighted by Gasteiger charge is -2.31. The van der Waals surface area contributed by atoms with Crippen LogP contribution in [0.5, 0.6) is 0 Å². The molecular weight excluding hydrogens is 170 g/mol. The van der Waals surface area contributed by atoms with Crippen molar-refractivity contribution in [2.45, 2.75) is 52.0 Å². The van der Waals surface area contributed by atoms with Gasteiger partial charge in [0.05, 0.1) is 0 Å². The molecule has 14 heavy (non-hydrogen) atoms. The largest absolute Gasteiger partial charge is 0.310 e. The molecule has 1 aliphatic carbocycles. The monoisotopic (exact) mass is 195 g/mol. The van der Waals surface area contributed by atoms with Gasteiger partial charge in [0.1, 0.15) is 0 Å². The Morgan fingerprint density at radius 2 is 2.00 bits per heavy atom. The Labute approximate surface area is 89.0 Å². The van der Waals surface area contributed by atoms with Crippen molar-refractivity contribution in [3.63, 3.8) is 0 Å². The van der Waals surface area contributed by atoms with Crippen molar-refractivity contribution in [1.82, 2.24) is 5.32 Å². The Hall–Kier alpha value is -0.300. The first-order valence-corrected chi connectivity index (χ1v) is 6.13. The zero-order chi connectivity index (χ0) is 10.4. The van der Waals surface area contributed by atoms with E-state index in [1.54, 1.807) is 0 Å². The van der Waals surface area contributed by atoms with E-state index in [0.717, 1.165) is 18.4 Å². The normalized spacial score (nSPS) is 29.9. The number of nitrogens with one attached hydrogen (secondary N) is 1. The predicted octanol–water partition coefficient (Wildman–Crippen LogP) is 3.37. The van der Waals surface area contributed by atoms with Crippen molar-refractivity contribution in [3.05, 3.63) is 12.7 Å². The van der Waals surface area contributed by atoms with E-state index in [9.17, 15) is 0 Å². The summed E-state index contributed by atoms with van der Waals surface area (Å²) in [5.74, 6) is 1.79. The van der Waals surface area contributed by atoms with E-state index in [0.29, 0.717) is 6.04 Å². The van der Waals surface area contributed by atoms with Crippen molar-refractivity contribution in [2.75, 3.05) is 6.54 Å². The van der Waals surface area contributed by atoms with Crippen LogP contribution in [0.25, 0.3) is 0 Å².